The highest BCUT2D eigenvalue weighted by atomic mass is 16.6. The zero-order valence-corrected chi connectivity index (χ0v) is 15.4. The lowest BCUT2D eigenvalue weighted by Crippen LogP contribution is -2.38. The van der Waals surface area contributed by atoms with E-state index in [1.165, 1.54) is 0 Å². The van der Waals surface area contributed by atoms with Crippen LogP contribution in [0.5, 0.6) is 0 Å². The molecule has 1 rings (SSSR count). The van der Waals surface area contributed by atoms with Crippen molar-refractivity contribution in [2.45, 2.75) is 89.9 Å². The van der Waals surface area contributed by atoms with Gasteiger partial charge >= 0.3 is 6.09 Å². The Balaban J connectivity index is 2.59. The molecule has 1 atom stereocenters. The summed E-state index contributed by atoms with van der Waals surface area (Å²) in [5, 5.41) is 10.4. The van der Waals surface area contributed by atoms with Gasteiger partial charge in [0.25, 0.3) is 0 Å². The second kappa shape index (κ2) is 9.48. The van der Waals surface area contributed by atoms with Crippen LogP contribution in [0.4, 0.5) is 4.79 Å². The highest BCUT2D eigenvalue weighted by Gasteiger charge is 2.26. The van der Waals surface area contributed by atoms with Gasteiger partial charge in [0.05, 0.1) is 0 Å². The fraction of sp³-hybridized carbons (Fsp3) is 0.944. The Labute approximate surface area is 141 Å². The van der Waals surface area contributed by atoms with Crippen molar-refractivity contribution in [2.24, 2.45) is 0 Å². The van der Waals surface area contributed by atoms with E-state index in [2.05, 4.69) is 0 Å². The minimum absolute atomic E-state index is 0.227. The maximum Gasteiger partial charge on any atom is 0.410 e. The predicted octanol–water partition coefficient (Wildman–Crippen LogP) is 4.08. The molecule has 0 radical (unpaired) electrons. The Morgan fingerprint density at radius 3 is 2.00 bits per heavy atom. The summed E-state index contributed by atoms with van der Waals surface area (Å²) in [6.07, 6.45) is 8.09. The van der Waals surface area contributed by atoms with E-state index in [9.17, 15) is 9.90 Å². The maximum atomic E-state index is 12.3. The number of hydrogen-bond acceptors (Lipinski definition) is 4. The monoisotopic (exact) mass is 329 g/mol. The molecule has 1 N–H and O–H groups in total. The third-order valence-electron chi connectivity index (χ3n) is 4.27. The Kier molecular flexibility index (Phi) is 8.34. The summed E-state index contributed by atoms with van der Waals surface area (Å²) in [6.45, 7) is 7.11. The smallest absolute Gasteiger partial charge is 0.410 e. The number of carbonyl (C=O) groups is 1. The Morgan fingerprint density at radius 1 is 0.957 bits per heavy atom. The molecule has 1 amide bonds. The van der Waals surface area contributed by atoms with Crippen molar-refractivity contribution in [1.29, 1.82) is 0 Å². The Morgan fingerprint density at radius 2 is 1.43 bits per heavy atom. The average Bonchev–Trinajstić information content (AvgIpc) is 2.47. The Hall–Kier alpha value is -0.810. The van der Waals surface area contributed by atoms with E-state index in [1.54, 1.807) is 7.11 Å². The lowest BCUT2D eigenvalue weighted by molar-refractivity contribution is -0.195. The number of hydrogen-bond donors (Lipinski definition) is 1. The number of methoxy groups -OCH3 is 1. The van der Waals surface area contributed by atoms with Gasteiger partial charge in [-0.25, -0.2) is 4.79 Å². The van der Waals surface area contributed by atoms with Crippen molar-refractivity contribution in [1.82, 2.24) is 4.90 Å². The lowest BCUT2D eigenvalue weighted by Gasteiger charge is -2.28. The minimum Gasteiger partial charge on any atom is -0.444 e. The fourth-order valence-corrected chi connectivity index (χ4v) is 2.89. The summed E-state index contributed by atoms with van der Waals surface area (Å²) in [7, 11) is 1.57. The van der Waals surface area contributed by atoms with Crippen LogP contribution in [0.1, 0.15) is 78.6 Å². The fourth-order valence-electron chi connectivity index (χ4n) is 2.89. The van der Waals surface area contributed by atoms with E-state index in [1.807, 2.05) is 25.7 Å². The molecule has 0 aromatic heterocycles. The molecule has 0 aliphatic carbocycles. The molecule has 0 aromatic carbocycles. The maximum absolute atomic E-state index is 12.3. The highest BCUT2D eigenvalue weighted by Crippen LogP contribution is 2.24. The van der Waals surface area contributed by atoms with E-state index >= 15 is 0 Å². The van der Waals surface area contributed by atoms with Gasteiger partial charge in [0, 0.05) is 33.0 Å². The summed E-state index contributed by atoms with van der Waals surface area (Å²) in [5.41, 5.74) is -0.464. The number of carbonyl (C=O) groups excluding carboxylic acids is 1. The van der Waals surface area contributed by atoms with Gasteiger partial charge in [-0.1, -0.05) is 19.3 Å². The molecule has 136 valence electrons. The molecule has 0 aromatic rings. The van der Waals surface area contributed by atoms with Crippen LogP contribution in [0.3, 0.4) is 0 Å². The molecule has 1 heterocycles. The standard InChI is InChI=1S/C18H35NO4/c1-17(2,3)23-16(20)19-14-10-7-5-6-8-12-18(21,22-4)13-9-11-15-19/h21H,5-15H2,1-4H3. The second-order valence-electron chi connectivity index (χ2n) is 7.59. The highest BCUT2D eigenvalue weighted by molar-refractivity contribution is 5.68. The molecule has 1 saturated heterocycles. The van der Waals surface area contributed by atoms with Crippen LogP contribution in [-0.4, -0.2) is 47.7 Å². The molecular weight excluding hydrogens is 294 g/mol. The number of amides is 1. The molecule has 0 saturated carbocycles. The third-order valence-corrected chi connectivity index (χ3v) is 4.27. The van der Waals surface area contributed by atoms with Gasteiger partial charge in [-0.3, -0.25) is 0 Å². The van der Waals surface area contributed by atoms with Crippen LogP contribution in [0.25, 0.3) is 0 Å². The van der Waals surface area contributed by atoms with Crippen molar-refractivity contribution in [2.75, 3.05) is 20.2 Å². The van der Waals surface area contributed by atoms with Gasteiger partial charge in [0.1, 0.15) is 5.60 Å². The van der Waals surface area contributed by atoms with Crippen LogP contribution >= 0.6 is 0 Å². The zero-order chi connectivity index (χ0) is 17.3. The lowest BCUT2D eigenvalue weighted by atomic mass is 10.0. The average molecular weight is 329 g/mol. The first-order valence-electron chi connectivity index (χ1n) is 9.01. The van der Waals surface area contributed by atoms with E-state index in [4.69, 9.17) is 9.47 Å². The first kappa shape index (κ1) is 20.2. The largest absolute Gasteiger partial charge is 0.444 e. The SMILES string of the molecule is COC1(O)CCCCCCCN(C(=O)OC(C)(C)C)CCCC1. The molecule has 23 heavy (non-hydrogen) atoms. The summed E-state index contributed by atoms with van der Waals surface area (Å²) < 4.78 is 10.8. The molecule has 0 bridgehead atoms. The molecule has 1 aliphatic heterocycles. The summed E-state index contributed by atoms with van der Waals surface area (Å²) in [5.74, 6) is -1.01. The van der Waals surface area contributed by atoms with Crippen LogP contribution in [0, 0.1) is 0 Å². The topological polar surface area (TPSA) is 59.0 Å². The molecular formula is C18H35NO4. The van der Waals surface area contributed by atoms with Crippen LogP contribution in [0.2, 0.25) is 0 Å². The van der Waals surface area contributed by atoms with E-state index in [-0.39, 0.29) is 6.09 Å². The summed E-state index contributed by atoms with van der Waals surface area (Å²) in [6, 6.07) is 0. The van der Waals surface area contributed by atoms with Gasteiger partial charge < -0.3 is 19.5 Å². The molecule has 5 nitrogen and oxygen atoms in total. The first-order valence-corrected chi connectivity index (χ1v) is 9.01. The Bertz CT molecular complexity index is 353. The van der Waals surface area contributed by atoms with Gasteiger partial charge in [-0.15, -0.1) is 0 Å². The van der Waals surface area contributed by atoms with E-state index in [0.29, 0.717) is 19.4 Å². The molecule has 1 aliphatic rings. The second-order valence-corrected chi connectivity index (χ2v) is 7.59. The van der Waals surface area contributed by atoms with Gasteiger partial charge in [0.15, 0.2) is 5.79 Å². The molecule has 1 unspecified atom stereocenters. The quantitative estimate of drug-likeness (QED) is 0.736. The van der Waals surface area contributed by atoms with Crippen LogP contribution < -0.4 is 0 Å². The minimum atomic E-state index is -1.01. The van der Waals surface area contributed by atoms with Crippen molar-refractivity contribution in [3.8, 4) is 0 Å². The summed E-state index contributed by atoms with van der Waals surface area (Å²) in [4.78, 5) is 14.1. The van der Waals surface area contributed by atoms with Crippen molar-refractivity contribution in [3.63, 3.8) is 0 Å². The van der Waals surface area contributed by atoms with Crippen LogP contribution in [0.15, 0.2) is 0 Å². The third kappa shape index (κ3) is 8.56. The number of nitrogens with zero attached hydrogens (tertiary/aromatic N) is 1. The van der Waals surface area contributed by atoms with E-state index < -0.39 is 11.4 Å². The normalized spacial score (nSPS) is 25.9. The molecule has 0 spiro atoms. The van der Waals surface area contributed by atoms with Gasteiger partial charge in [-0.2, -0.15) is 0 Å². The predicted molar refractivity (Wildman–Crippen MR) is 91.3 cm³/mol. The van der Waals surface area contributed by atoms with Crippen molar-refractivity contribution in [3.05, 3.63) is 0 Å². The van der Waals surface area contributed by atoms with Crippen LogP contribution in [-0.2, 0) is 9.47 Å². The molecule has 1 fully saturated rings. The number of aliphatic hydroxyl groups is 1. The summed E-state index contributed by atoms with van der Waals surface area (Å²) >= 11 is 0. The zero-order valence-electron chi connectivity index (χ0n) is 15.4. The van der Waals surface area contributed by atoms with Crippen molar-refractivity contribution >= 4 is 6.09 Å². The number of ether oxygens (including phenoxy) is 2. The van der Waals surface area contributed by atoms with E-state index in [0.717, 1.165) is 51.5 Å². The number of rotatable bonds is 1. The van der Waals surface area contributed by atoms with Gasteiger partial charge in [0.2, 0.25) is 0 Å². The van der Waals surface area contributed by atoms with Crippen molar-refractivity contribution < 1.29 is 19.4 Å². The first-order chi connectivity index (χ1) is 10.8. The van der Waals surface area contributed by atoms with Gasteiger partial charge in [-0.05, 0) is 46.5 Å². The molecule has 5 heteroatoms.